The van der Waals surface area contributed by atoms with Crippen molar-refractivity contribution in [2.24, 2.45) is 0 Å². The number of hydrogen-bond donors (Lipinski definition) is 2. The Kier molecular flexibility index (Phi) is 5.39. The number of fused-ring (bicyclic) bond motifs is 1. The molecule has 1 aromatic heterocycles. The van der Waals surface area contributed by atoms with Crippen LogP contribution in [0.3, 0.4) is 0 Å². The zero-order valence-electron chi connectivity index (χ0n) is 12.4. The summed E-state index contributed by atoms with van der Waals surface area (Å²) in [5.41, 5.74) is 1.54. The Morgan fingerprint density at radius 1 is 1.36 bits per heavy atom. The molecule has 0 bridgehead atoms. The zero-order valence-corrected chi connectivity index (χ0v) is 14.0. The molecule has 0 radical (unpaired) electrons. The van der Waals surface area contributed by atoms with E-state index in [9.17, 15) is 8.42 Å². The fourth-order valence-electron chi connectivity index (χ4n) is 2.70. The molecule has 1 atom stereocenters. The molecule has 1 aromatic carbocycles. The molecule has 0 aliphatic carbocycles. The number of nitrogens with zero attached hydrogens (tertiary/aromatic N) is 1. The first-order valence-corrected chi connectivity index (χ1v) is 8.63. The van der Waals surface area contributed by atoms with Crippen molar-refractivity contribution >= 4 is 33.3 Å². The number of rotatable bonds is 3. The van der Waals surface area contributed by atoms with Crippen LogP contribution >= 0.6 is 12.4 Å². The van der Waals surface area contributed by atoms with Gasteiger partial charge in [-0.25, -0.2) is 13.1 Å². The summed E-state index contributed by atoms with van der Waals surface area (Å²) in [6, 6.07) is 7.16. The summed E-state index contributed by atoms with van der Waals surface area (Å²) in [5.74, 6) is 0. The molecule has 0 unspecified atom stereocenters. The zero-order chi connectivity index (χ0) is 14.9. The van der Waals surface area contributed by atoms with Crippen molar-refractivity contribution in [3.05, 3.63) is 36.0 Å². The second-order valence-corrected chi connectivity index (χ2v) is 7.19. The van der Waals surface area contributed by atoms with Gasteiger partial charge in [-0.3, -0.25) is 4.98 Å². The molecule has 22 heavy (non-hydrogen) atoms. The van der Waals surface area contributed by atoms with E-state index in [0.29, 0.717) is 12.1 Å². The van der Waals surface area contributed by atoms with Crippen molar-refractivity contribution in [2.75, 3.05) is 13.1 Å². The van der Waals surface area contributed by atoms with Gasteiger partial charge in [0.1, 0.15) is 4.90 Å². The van der Waals surface area contributed by atoms with Gasteiger partial charge in [0.25, 0.3) is 0 Å². The molecule has 3 rings (SSSR count). The molecule has 1 aliphatic rings. The van der Waals surface area contributed by atoms with Gasteiger partial charge in [-0.1, -0.05) is 12.1 Å². The number of halogens is 1. The lowest BCUT2D eigenvalue weighted by Gasteiger charge is -2.23. The van der Waals surface area contributed by atoms with Crippen LogP contribution in [0.1, 0.15) is 18.4 Å². The van der Waals surface area contributed by atoms with Gasteiger partial charge < -0.3 is 5.32 Å². The monoisotopic (exact) mass is 341 g/mol. The van der Waals surface area contributed by atoms with Crippen molar-refractivity contribution in [3.8, 4) is 0 Å². The van der Waals surface area contributed by atoms with Crippen LogP contribution in [0.25, 0.3) is 10.9 Å². The van der Waals surface area contributed by atoms with E-state index in [1.165, 1.54) is 0 Å². The molecule has 1 fully saturated rings. The van der Waals surface area contributed by atoms with E-state index in [2.05, 4.69) is 15.0 Å². The molecule has 1 aliphatic heterocycles. The van der Waals surface area contributed by atoms with Crippen molar-refractivity contribution in [3.63, 3.8) is 0 Å². The highest BCUT2D eigenvalue weighted by molar-refractivity contribution is 7.89. The largest absolute Gasteiger partial charge is 0.315 e. The minimum Gasteiger partial charge on any atom is -0.315 e. The number of piperidine rings is 1. The molecule has 0 saturated carbocycles. The Balaban J connectivity index is 0.00000176. The van der Waals surface area contributed by atoms with E-state index in [4.69, 9.17) is 0 Å². The number of sulfonamides is 1. The average molecular weight is 342 g/mol. The van der Waals surface area contributed by atoms with E-state index in [0.717, 1.165) is 30.3 Å². The lowest BCUT2D eigenvalue weighted by molar-refractivity contribution is 0.429. The van der Waals surface area contributed by atoms with E-state index in [-0.39, 0.29) is 23.3 Å². The van der Waals surface area contributed by atoms with Crippen LogP contribution in [0.5, 0.6) is 0 Å². The van der Waals surface area contributed by atoms with E-state index in [1.807, 2.05) is 19.1 Å². The van der Waals surface area contributed by atoms with Gasteiger partial charge in [0.05, 0.1) is 5.52 Å². The summed E-state index contributed by atoms with van der Waals surface area (Å²) in [5, 5.41) is 4.06. The highest BCUT2D eigenvalue weighted by atomic mass is 35.5. The number of aryl methyl sites for hydroxylation is 1. The highest BCUT2D eigenvalue weighted by Gasteiger charge is 2.23. The second kappa shape index (κ2) is 6.91. The SMILES string of the molecule is Cc1cnc2c(S(=O)(=O)N[C@@H]3CCCNC3)cccc2c1.Cl. The summed E-state index contributed by atoms with van der Waals surface area (Å²) >= 11 is 0. The number of nitrogens with one attached hydrogen (secondary N) is 2. The van der Waals surface area contributed by atoms with Crippen LogP contribution < -0.4 is 10.0 Å². The maximum absolute atomic E-state index is 12.6. The van der Waals surface area contributed by atoms with Gasteiger partial charge >= 0.3 is 0 Å². The first-order chi connectivity index (χ1) is 10.1. The maximum Gasteiger partial charge on any atom is 0.243 e. The van der Waals surface area contributed by atoms with Gasteiger partial charge in [0.2, 0.25) is 10.0 Å². The van der Waals surface area contributed by atoms with E-state index >= 15 is 0 Å². The topological polar surface area (TPSA) is 71.1 Å². The minimum absolute atomic E-state index is 0. The van der Waals surface area contributed by atoms with Crippen LogP contribution in [0, 0.1) is 6.92 Å². The molecule has 2 N–H and O–H groups in total. The van der Waals surface area contributed by atoms with Gasteiger partial charge in [-0.05, 0) is 44.0 Å². The van der Waals surface area contributed by atoms with Crippen LogP contribution in [0.4, 0.5) is 0 Å². The smallest absolute Gasteiger partial charge is 0.243 e. The van der Waals surface area contributed by atoms with E-state index in [1.54, 1.807) is 18.3 Å². The Hall–Kier alpha value is -1.21. The van der Waals surface area contributed by atoms with Crippen molar-refractivity contribution in [1.29, 1.82) is 0 Å². The lowest BCUT2D eigenvalue weighted by Crippen LogP contribution is -2.45. The van der Waals surface area contributed by atoms with Crippen LogP contribution in [-0.2, 0) is 10.0 Å². The fourth-order valence-corrected chi connectivity index (χ4v) is 4.14. The normalized spacial score (nSPS) is 18.9. The summed E-state index contributed by atoms with van der Waals surface area (Å²) < 4.78 is 28.0. The highest BCUT2D eigenvalue weighted by Crippen LogP contribution is 2.22. The van der Waals surface area contributed by atoms with Crippen LogP contribution in [-0.4, -0.2) is 32.5 Å². The van der Waals surface area contributed by atoms with Gasteiger partial charge in [0, 0.05) is 24.2 Å². The van der Waals surface area contributed by atoms with Gasteiger partial charge in [-0.15, -0.1) is 12.4 Å². The number of pyridine rings is 1. The number of benzene rings is 1. The van der Waals surface area contributed by atoms with Crippen molar-refractivity contribution in [1.82, 2.24) is 15.0 Å². The first kappa shape index (κ1) is 17.1. The fraction of sp³-hybridized carbons (Fsp3) is 0.400. The predicted molar refractivity (Wildman–Crippen MR) is 89.9 cm³/mol. The van der Waals surface area contributed by atoms with E-state index < -0.39 is 10.0 Å². The molecule has 5 nitrogen and oxygen atoms in total. The summed E-state index contributed by atoms with van der Waals surface area (Å²) in [4.78, 5) is 4.56. The Morgan fingerprint density at radius 3 is 2.91 bits per heavy atom. The molecule has 1 saturated heterocycles. The molecule has 2 heterocycles. The minimum atomic E-state index is -3.55. The Labute approximate surface area is 137 Å². The Morgan fingerprint density at radius 2 is 2.18 bits per heavy atom. The number of hydrogen-bond acceptors (Lipinski definition) is 4. The number of aromatic nitrogens is 1. The molecule has 7 heteroatoms. The van der Waals surface area contributed by atoms with Crippen LogP contribution in [0.15, 0.2) is 35.4 Å². The third kappa shape index (κ3) is 3.57. The molecular formula is C15H20ClN3O2S. The summed E-state index contributed by atoms with van der Waals surface area (Å²) in [6.45, 7) is 3.57. The standard InChI is InChI=1S/C15H19N3O2S.ClH/c1-11-8-12-4-2-6-14(15(12)17-9-11)21(19,20)18-13-5-3-7-16-10-13;/h2,4,6,8-9,13,16,18H,3,5,7,10H2,1H3;1H/t13-;/m1./s1. The quantitative estimate of drug-likeness (QED) is 0.895. The maximum atomic E-state index is 12.6. The molecule has 0 spiro atoms. The van der Waals surface area contributed by atoms with Crippen molar-refractivity contribution < 1.29 is 8.42 Å². The van der Waals surface area contributed by atoms with Crippen LogP contribution in [0.2, 0.25) is 0 Å². The number of para-hydroxylation sites is 1. The molecule has 2 aromatic rings. The molecule has 0 amide bonds. The molecule has 120 valence electrons. The first-order valence-electron chi connectivity index (χ1n) is 7.15. The summed E-state index contributed by atoms with van der Waals surface area (Å²) in [7, 11) is -3.55. The molecular weight excluding hydrogens is 322 g/mol. The third-order valence-electron chi connectivity index (χ3n) is 3.72. The van der Waals surface area contributed by atoms with Crippen molar-refractivity contribution in [2.45, 2.75) is 30.7 Å². The second-order valence-electron chi connectivity index (χ2n) is 5.51. The Bertz CT molecular complexity index is 758. The van der Waals surface area contributed by atoms with Gasteiger partial charge in [-0.2, -0.15) is 0 Å². The average Bonchev–Trinajstić information content (AvgIpc) is 2.47. The third-order valence-corrected chi connectivity index (χ3v) is 5.27. The summed E-state index contributed by atoms with van der Waals surface area (Å²) in [6.07, 6.45) is 3.55. The van der Waals surface area contributed by atoms with Gasteiger partial charge in [0.15, 0.2) is 0 Å². The predicted octanol–water partition coefficient (Wildman–Crippen LogP) is 2.00. The lowest BCUT2D eigenvalue weighted by atomic mass is 10.1.